The van der Waals surface area contributed by atoms with Crippen molar-refractivity contribution in [3.05, 3.63) is 82.9 Å². The van der Waals surface area contributed by atoms with Gasteiger partial charge in [0.25, 0.3) is 0 Å². The molecule has 0 spiro atoms. The Kier molecular flexibility index (Phi) is 9.26. The third-order valence-electron chi connectivity index (χ3n) is 6.01. The number of benzene rings is 3. The Morgan fingerprint density at radius 1 is 1.07 bits per heavy atom. The molecule has 1 N–H and O–H groups in total. The zero-order valence-electron chi connectivity index (χ0n) is 21.5. The number of anilines is 1. The van der Waals surface area contributed by atoms with Gasteiger partial charge in [-0.2, -0.15) is 13.2 Å². The van der Waals surface area contributed by atoms with Crippen molar-refractivity contribution in [1.82, 2.24) is 4.90 Å². The van der Waals surface area contributed by atoms with Crippen LogP contribution in [0.3, 0.4) is 0 Å². The minimum Gasteiger partial charge on any atom is -0.493 e. The molecule has 2 amide bonds. The van der Waals surface area contributed by atoms with Crippen molar-refractivity contribution in [3.63, 3.8) is 0 Å². The Balaban J connectivity index is 1.60. The van der Waals surface area contributed by atoms with Gasteiger partial charge in [-0.3, -0.25) is 14.5 Å². The molecule has 0 radical (unpaired) electrons. The summed E-state index contributed by atoms with van der Waals surface area (Å²) in [6.45, 7) is 0.185. The normalized spacial score (nSPS) is 16.6. The number of amides is 2. The maximum absolute atomic E-state index is 13.3. The van der Waals surface area contributed by atoms with E-state index in [0.717, 1.165) is 29.5 Å². The highest BCUT2D eigenvalue weighted by atomic mass is 35.5. The minimum atomic E-state index is -4.56. The molecule has 0 bridgehead atoms. The first-order valence-electron chi connectivity index (χ1n) is 12.1. The van der Waals surface area contributed by atoms with Crippen LogP contribution in [0.25, 0.3) is 0 Å². The molecule has 0 aromatic heterocycles. The highest BCUT2D eigenvalue weighted by molar-refractivity contribution is 8.15. The highest BCUT2D eigenvalue weighted by Crippen LogP contribution is 2.34. The molecule has 7 nitrogen and oxygen atoms in total. The van der Waals surface area contributed by atoms with Gasteiger partial charge in [-0.25, -0.2) is 4.99 Å². The van der Waals surface area contributed by atoms with E-state index in [1.54, 1.807) is 36.4 Å². The number of nitrogens with one attached hydrogen (secondary N) is 1. The Morgan fingerprint density at radius 2 is 1.80 bits per heavy atom. The number of thioether (sulfide) groups is 1. The van der Waals surface area contributed by atoms with E-state index in [2.05, 4.69) is 10.3 Å². The number of rotatable bonds is 8. The molecule has 210 valence electrons. The van der Waals surface area contributed by atoms with Crippen LogP contribution in [-0.4, -0.2) is 47.9 Å². The highest BCUT2D eigenvalue weighted by Gasteiger charge is 2.36. The maximum Gasteiger partial charge on any atom is 0.416 e. The summed E-state index contributed by atoms with van der Waals surface area (Å²) in [5, 5.41) is 2.54. The fourth-order valence-corrected chi connectivity index (χ4v) is 5.21. The van der Waals surface area contributed by atoms with Gasteiger partial charge in [0.1, 0.15) is 5.25 Å². The second-order valence-corrected chi connectivity index (χ2v) is 10.3. The molecule has 1 atom stereocenters. The molecule has 1 aliphatic heterocycles. The maximum atomic E-state index is 13.3. The minimum absolute atomic E-state index is 0.0139. The van der Waals surface area contributed by atoms with Gasteiger partial charge in [-0.1, -0.05) is 35.5 Å². The second kappa shape index (κ2) is 12.6. The number of hydrogen-bond acceptors (Lipinski definition) is 6. The molecule has 1 fully saturated rings. The van der Waals surface area contributed by atoms with E-state index < -0.39 is 22.9 Å². The van der Waals surface area contributed by atoms with E-state index in [4.69, 9.17) is 21.1 Å². The Morgan fingerprint density at radius 3 is 2.48 bits per heavy atom. The molecular formula is C28H25ClF3N3O4S. The molecule has 12 heteroatoms. The summed E-state index contributed by atoms with van der Waals surface area (Å²) in [5.41, 5.74) is 0.488. The van der Waals surface area contributed by atoms with E-state index >= 15 is 0 Å². The van der Waals surface area contributed by atoms with Crippen molar-refractivity contribution < 1.29 is 32.2 Å². The number of nitrogens with zero attached hydrogens (tertiary/aromatic N) is 2. The zero-order chi connectivity index (χ0) is 28.9. The number of methoxy groups -OCH3 is 2. The topological polar surface area (TPSA) is 80.2 Å². The number of carbonyl (C=O) groups is 2. The van der Waals surface area contributed by atoms with Crippen molar-refractivity contribution in [2.24, 2.45) is 4.99 Å². The smallest absolute Gasteiger partial charge is 0.416 e. The van der Waals surface area contributed by atoms with E-state index in [1.807, 2.05) is 6.07 Å². The van der Waals surface area contributed by atoms with Crippen LogP contribution in [0, 0.1) is 0 Å². The standard InChI is InChI=1S/C28H25ClF3N3O4S/c1-38-22-11-6-17(14-23(22)39-2)12-13-35-25(36)16-24(26(37)33-20-9-7-19(29)8-10-20)40-27(35)34-21-5-3-4-18(15-21)28(30,31)32/h3-11,14-15,24H,12-13,16H2,1-2H3,(H,33,37). The number of hydrogen-bond donors (Lipinski definition) is 1. The summed E-state index contributed by atoms with van der Waals surface area (Å²) in [7, 11) is 3.04. The summed E-state index contributed by atoms with van der Waals surface area (Å²) in [5.74, 6) is 0.270. The molecule has 1 aliphatic rings. The first-order valence-corrected chi connectivity index (χ1v) is 13.3. The molecular weight excluding hydrogens is 567 g/mol. The fourth-order valence-electron chi connectivity index (χ4n) is 3.96. The van der Waals surface area contributed by atoms with Gasteiger partial charge >= 0.3 is 6.18 Å². The fraction of sp³-hybridized carbons (Fsp3) is 0.250. The first-order chi connectivity index (χ1) is 19.1. The van der Waals surface area contributed by atoms with E-state index in [1.165, 1.54) is 31.3 Å². The van der Waals surface area contributed by atoms with Crippen molar-refractivity contribution in [3.8, 4) is 11.5 Å². The number of alkyl halides is 3. The zero-order valence-corrected chi connectivity index (χ0v) is 23.1. The molecule has 1 heterocycles. The molecule has 0 aliphatic carbocycles. The molecule has 3 aromatic rings. The van der Waals surface area contributed by atoms with Crippen molar-refractivity contribution in [1.29, 1.82) is 0 Å². The van der Waals surface area contributed by atoms with Crippen LogP contribution in [0.2, 0.25) is 5.02 Å². The lowest BCUT2D eigenvalue weighted by molar-refractivity contribution is -0.137. The van der Waals surface area contributed by atoms with Gasteiger partial charge in [0.05, 0.1) is 25.5 Å². The van der Waals surface area contributed by atoms with Gasteiger partial charge in [0, 0.05) is 23.7 Å². The number of aliphatic imine (C=N–C) groups is 1. The Bertz CT molecular complexity index is 1420. The van der Waals surface area contributed by atoms with Crippen LogP contribution in [0.4, 0.5) is 24.5 Å². The lowest BCUT2D eigenvalue weighted by Crippen LogP contribution is -2.46. The molecule has 1 unspecified atom stereocenters. The van der Waals surface area contributed by atoms with Gasteiger partial charge < -0.3 is 14.8 Å². The third kappa shape index (κ3) is 7.28. The monoisotopic (exact) mass is 591 g/mol. The third-order valence-corrected chi connectivity index (χ3v) is 7.45. The van der Waals surface area contributed by atoms with Crippen LogP contribution >= 0.6 is 23.4 Å². The largest absolute Gasteiger partial charge is 0.493 e. The van der Waals surface area contributed by atoms with E-state index in [9.17, 15) is 22.8 Å². The lowest BCUT2D eigenvalue weighted by Gasteiger charge is -2.32. The Hall–Kier alpha value is -3.70. The van der Waals surface area contributed by atoms with Crippen LogP contribution in [0.5, 0.6) is 11.5 Å². The average Bonchev–Trinajstić information content (AvgIpc) is 2.93. The quantitative estimate of drug-likeness (QED) is 0.320. The van der Waals surface area contributed by atoms with Crippen LogP contribution in [-0.2, 0) is 22.2 Å². The van der Waals surface area contributed by atoms with E-state index in [0.29, 0.717) is 28.6 Å². The van der Waals surface area contributed by atoms with Gasteiger partial charge in [0.2, 0.25) is 11.8 Å². The summed E-state index contributed by atoms with van der Waals surface area (Å²) >= 11 is 6.93. The van der Waals surface area contributed by atoms with Gasteiger partial charge in [-0.05, 0) is 66.6 Å². The van der Waals surface area contributed by atoms with E-state index in [-0.39, 0.29) is 29.7 Å². The predicted molar refractivity (Wildman–Crippen MR) is 150 cm³/mol. The number of carbonyl (C=O) groups excluding carboxylic acids is 2. The Labute approximate surface area is 238 Å². The van der Waals surface area contributed by atoms with Gasteiger partial charge in [0.15, 0.2) is 16.7 Å². The summed E-state index contributed by atoms with van der Waals surface area (Å²) in [4.78, 5) is 32.1. The molecule has 0 saturated carbocycles. The molecule has 40 heavy (non-hydrogen) atoms. The summed E-state index contributed by atoms with van der Waals surface area (Å²) in [6.07, 6.45) is -4.27. The lowest BCUT2D eigenvalue weighted by atomic mass is 10.1. The molecule has 3 aromatic carbocycles. The molecule has 1 saturated heterocycles. The van der Waals surface area contributed by atoms with Crippen LogP contribution < -0.4 is 14.8 Å². The first kappa shape index (κ1) is 29.3. The van der Waals surface area contributed by atoms with Crippen molar-refractivity contribution in [2.75, 3.05) is 26.1 Å². The number of halogens is 4. The average molecular weight is 592 g/mol. The predicted octanol–water partition coefficient (Wildman–Crippen LogP) is 6.58. The molecule has 4 rings (SSSR count). The number of amidine groups is 1. The van der Waals surface area contributed by atoms with Crippen LogP contribution in [0.1, 0.15) is 17.5 Å². The number of ether oxygens (including phenoxy) is 2. The summed E-state index contributed by atoms with van der Waals surface area (Å²) < 4.78 is 50.5. The second-order valence-electron chi connectivity index (χ2n) is 8.73. The van der Waals surface area contributed by atoms with Crippen molar-refractivity contribution >= 4 is 51.7 Å². The SMILES string of the molecule is COc1ccc(CCN2C(=O)CC(C(=O)Nc3ccc(Cl)cc3)SC2=Nc2cccc(C(F)(F)F)c2)cc1OC. The summed E-state index contributed by atoms with van der Waals surface area (Å²) in [6, 6.07) is 16.4. The van der Waals surface area contributed by atoms with Gasteiger partial charge in [-0.15, -0.1) is 0 Å². The van der Waals surface area contributed by atoms with Crippen molar-refractivity contribution in [2.45, 2.75) is 24.3 Å². The van der Waals surface area contributed by atoms with Crippen LogP contribution in [0.15, 0.2) is 71.7 Å².